The SMILES string of the molecule is CCNC(=NCC(OC)C(C)(C)C)NCCCc1ccc(OC)c(OC)c1.I. The lowest BCUT2D eigenvalue weighted by molar-refractivity contribution is 0.0241. The van der Waals surface area contributed by atoms with Gasteiger partial charge in [0.05, 0.1) is 26.9 Å². The number of aryl methyl sites for hydroxylation is 1. The molecule has 0 fully saturated rings. The van der Waals surface area contributed by atoms with Gasteiger partial charge < -0.3 is 24.8 Å². The molecule has 0 heterocycles. The number of ether oxygens (including phenoxy) is 3. The summed E-state index contributed by atoms with van der Waals surface area (Å²) >= 11 is 0. The maximum Gasteiger partial charge on any atom is 0.191 e. The molecule has 1 aromatic carbocycles. The lowest BCUT2D eigenvalue weighted by Gasteiger charge is -2.28. The molecule has 6 nitrogen and oxygen atoms in total. The smallest absolute Gasteiger partial charge is 0.191 e. The summed E-state index contributed by atoms with van der Waals surface area (Å²) < 4.78 is 16.2. The molecule has 0 saturated carbocycles. The van der Waals surface area contributed by atoms with Crippen molar-refractivity contribution < 1.29 is 14.2 Å². The Morgan fingerprint density at radius 3 is 2.29 bits per heavy atom. The number of aliphatic imine (C=N–C) groups is 1. The fourth-order valence-corrected chi connectivity index (χ4v) is 2.75. The predicted molar refractivity (Wildman–Crippen MR) is 128 cm³/mol. The minimum absolute atomic E-state index is 0. The molecule has 0 radical (unpaired) electrons. The third-order valence-electron chi connectivity index (χ3n) is 4.39. The Balaban J connectivity index is 0.00000729. The number of nitrogens with one attached hydrogen (secondary N) is 2. The van der Waals surface area contributed by atoms with Crippen LogP contribution in [0.5, 0.6) is 11.5 Å². The van der Waals surface area contributed by atoms with Crippen molar-refractivity contribution in [3.63, 3.8) is 0 Å². The van der Waals surface area contributed by atoms with Crippen LogP contribution in [0.2, 0.25) is 0 Å². The van der Waals surface area contributed by atoms with E-state index >= 15 is 0 Å². The molecule has 28 heavy (non-hydrogen) atoms. The lowest BCUT2D eigenvalue weighted by Crippen LogP contribution is -2.39. The number of methoxy groups -OCH3 is 3. The number of rotatable bonds is 10. The average Bonchev–Trinajstić information content (AvgIpc) is 2.64. The maximum atomic E-state index is 5.58. The first kappa shape index (κ1) is 26.8. The fourth-order valence-electron chi connectivity index (χ4n) is 2.75. The van der Waals surface area contributed by atoms with Crippen molar-refractivity contribution in [3.8, 4) is 11.5 Å². The molecule has 0 bridgehead atoms. The molecule has 1 unspecified atom stereocenters. The Bertz CT molecular complexity index is 589. The van der Waals surface area contributed by atoms with E-state index in [4.69, 9.17) is 14.2 Å². The number of hydrogen-bond acceptors (Lipinski definition) is 4. The zero-order valence-corrected chi connectivity index (χ0v) is 20.8. The van der Waals surface area contributed by atoms with Gasteiger partial charge in [-0.3, -0.25) is 4.99 Å². The van der Waals surface area contributed by atoms with Crippen LogP contribution in [0.25, 0.3) is 0 Å². The molecule has 0 saturated heterocycles. The Morgan fingerprint density at radius 2 is 1.75 bits per heavy atom. The second-order valence-electron chi connectivity index (χ2n) is 7.53. The Labute approximate surface area is 187 Å². The van der Waals surface area contributed by atoms with Gasteiger partial charge in [-0.05, 0) is 42.9 Å². The van der Waals surface area contributed by atoms with Crippen molar-refractivity contribution in [2.45, 2.75) is 46.6 Å². The highest BCUT2D eigenvalue weighted by atomic mass is 127. The molecule has 1 rings (SSSR count). The van der Waals surface area contributed by atoms with E-state index in [2.05, 4.69) is 49.4 Å². The summed E-state index contributed by atoms with van der Waals surface area (Å²) in [4.78, 5) is 4.68. The van der Waals surface area contributed by atoms with E-state index in [0.29, 0.717) is 6.54 Å². The topological polar surface area (TPSA) is 64.1 Å². The number of benzene rings is 1. The van der Waals surface area contributed by atoms with E-state index in [1.54, 1.807) is 21.3 Å². The molecule has 0 aromatic heterocycles. The van der Waals surface area contributed by atoms with Gasteiger partial charge >= 0.3 is 0 Å². The molecule has 1 atom stereocenters. The Hall–Kier alpha value is -1.22. The molecule has 0 aliphatic rings. The molecule has 0 amide bonds. The van der Waals surface area contributed by atoms with Crippen molar-refractivity contribution in [2.75, 3.05) is 41.0 Å². The normalized spacial score (nSPS) is 12.8. The third-order valence-corrected chi connectivity index (χ3v) is 4.39. The van der Waals surface area contributed by atoms with Crippen LogP contribution in [0.3, 0.4) is 0 Å². The molecule has 7 heteroatoms. The van der Waals surface area contributed by atoms with Crippen molar-refractivity contribution in [2.24, 2.45) is 10.4 Å². The van der Waals surface area contributed by atoms with Crippen LogP contribution in [-0.4, -0.2) is 53.0 Å². The number of guanidine groups is 1. The maximum absolute atomic E-state index is 5.58. The van der Waals surface area contributed by atoms with Gasteiger partial charge in [0.2, 0.25) is 0 Å². The highest BCUT2D eigenvalue weighted by molar-refractivity contribution is 14.0. The van der Waals surface area contributed by atoms with Crippen LogP contribution >= 0.6 is 24.0 Å². The van der Waals surface area contributed by atoms with Gasteiger partial charge in [0.25, 0.3) is 0 Å². The number of nitrogens with zero attached hydrogens (tertiary/aromatic N) is 1. The summed E-state index contributed by atoms with van der Waals surface area (Å²) in [5.74, 6) is 2.36. The molecule has 1 aromatic rings. The van der Waals surface area contributed by atoms with E-state index < -0.39 is 0 Å². The van der Waals surface area contributed by atoms with Crippen molar-refractivity contribution in [3.05, 3.63) is 23.8 Å². The van der Waals surface area contributed by atoms with Crippen molar-refractivity contribution in [1.82, 2.24) is 10.6 Å². The van der Waals surface area contributed by atoms with Crippen LogP contribution < -0.4 is 20.1 Å². The summed E-state index contributed by atoms with van der Waals surface area (Å²) in [6.45, 7) is 10.9. The molecule has 0 aliphatic carbocycles. The zero-order valence-electron chi connectivity index (χ0n) is 18.4. The van der Waals surface area contributed by atoms with Gasteiger partial charge in [0.15, 0.2) is 17.5 Å². The summed E-state index contributed by atoms with van der Waals surface area (Å²) in [6, 6.07) is 6.06. The van der Waals surface area contributed by atoms with E-state index in [0.717, 1.165) is 43.4 Å². The van der Waals surface area contributed by atoms with Crippen LogP contribution in [0.15, 0.2) is 23.2 Å². The molecule has 0 aliphatic heterocycles. The minimum Gasteiger partial charge on any atom is -0.493 e. The van der Waals surface area contributed by atoms with Gasteiger partial charge in [-0.25, -0.2) is 0 Å². The van der Waals surface area contributed by atoms with Crippen molar-refractivity contribution >= 4 is 29.9 Å². The second kappa shape index (κ2) is 13.9. The number of hydrogen-bond donors (Lipinski definition) is 2. The van der Waals surface area contributed by atoms with Crippen LogP contribution in [-0.2, 0) is 11.2 Å². The summed E-state index contributed by atoms with van der Waals surface area (Å²) in [6.07, 6.45) is 2.03. The fraction of sp³-hybridized carbons (Fsp3) is 0.667. The van der Waals surface area contributed by atoms with Gasteiger partial charge in [0, 0.05) is 20.2 Å². The second-order valence-corrected chi connectivity index (χ2v) is 7.53. The van der Waals surface area contributed by atoms with Crippen LogP contribution in [0.4, 0.5) is 0 Å². The highest BCUT2D eigenvalue weighted by Crippen LogP contribution is 2.27. The van der Waals surface area contributed by atoms with E-state index in [1.807, 2.05) is 12.1 Å². The molecule has 2 N–H and O–H groups in total. The van der Waals surface area contributed by atoms with Gasteiger partial charge in [-0.1, -0.05) is 26.8 Å². The lowest BCUT2D eigenvalue weighted by atomic mass is 9.89. The first-order valence-corrected chi connectivity index (χ1v) is 9.61. The Kier molecular flexibility index (Phi) is 13.3. The van der Waals surface area contributed by atoms with Gasteiger partial charge in [0.1, 0.15) is 0 Å². The largest absolute Gasteiger partial charge is 0.493 e. The quantitative estimate of drug-likeness (QED) is 0.218. The zero-order chi connectivity index (χ0) is 20.3. The highest BCUT2D eigenvalue weighted by Gasteiger charge is 2.24. The van der Waals surface area contributed by atoms with Crippen molar-refractivity contribution in [1.29, 1.82) is 0 Å². The van der Waals surface area contributed by atoms with Gasteiger partial charge in [-0.15, -0.1) is 24.0 Å². The molecular weight excluding hydrogens is 469 g/mol. The third kappa shape index (κ3) is 9.32. The first-order valence-electron chi connectivity index (χ1n) is 9.61. The molecule has 0 spiro atoms. The monoisotopic (exact) mass is 507 g/mol. The summed E-state index contributed by atoms with van der Waals surface area (Å²) in [5, 5.41) is 6.69. The van der Waals surface area contributed by atoms with Crippen LogP contribution in [0.1, 0.15) is 39.7 Å². The summed E-state index contributed by atoms with van der Waals surface area (Å²) in [5.41, 5.74) is 1.28. The van der Waals surface area contributed by atoms with E-state index in [-0.39, 0.29) is 35.5 Å². The number of halogens is 1. The average molecular weight is 507 g/mol. The molecular formula is C21H38IN3O3. The standard InChI is InChI=1S/C21H37N3O3.HI/c1-8-22-20(24-15-19(27-7)21(2,3)4)23-13-9-10-16-11-12-17(25-5)18(14-16)26-6;/h11-12,14,19H,8-10,13,15H2,1-7H3,(H2,22,23,24);1H. The first-order chi connectivity index (χ1) is 12.8. The van der Waals surface area contributed by atoms with Gasteiger partial charge in [-0.2, -0.15) is 0 Å². The summed E-state index contributed by atoms with van der Waals surface area (Å²) in [7, 11) is 5.05. The minimum atomic E-state index is 0. The van der Waals surface area contributed by atoms with E-state index in [1.165, 1.54) is 5.56 Å². The van der Waals surface area contributed by atoms with Crippen LogP contribution in [0, 0.1) is 5.41 Å². The Morgan fingerprint density at radius 1 is 1.07 bits per heavy atom. The molecule has 162 valence electrons. The predicted octanol–water partition coefficient (Wildman–Crippen LogP) is 3.87. The van der Waals surface area contributed by atoms with E-state index in [9.17, 15) is 0 Å².